The lowest BCUT2D eigenvalue weighted by atomic mass is 9.82. The molecule has 1 heterocycles. The second-order valence-electron chi connectivity index (χ2n) is 5.41. The molecule has 3 rings (SSSR count). The Hall–Kier alpha value is -0.970. The number of fused-ring (bicyclic) bond motifs is 2. The molecule has 2 fully saturated rings. The van der Waals surface area contributed by atoms with Crippen LogP contribution in [0.25, 0.3) is 0 Å². The normalized spacial score (nSPS) is 41.2. The third kappa shape index (κ3) is 1.94. The summed E-state index contributed by atoms with van der Waals surface area (Å²) in [6.45, 7) is 0. The minimum absolute atomic E-state index is 0.0493. The molecule has 4 nitrogen and oxygen atoms in total. The zero-order valence-electron chi connectivity index (χ0n) is 10.0. The molecule has 2 N–H and O–H groups in total. The number of thioether (sulfide) groups is 1. The van der Waals surface area contributed by atoms with Crippen LogP contribution in [0.3, 0.4) is 0 Å². The summed E-state index contributed by atoms with van der Waals surface area (Å²) in [7, 11) is 0. The average molecular weight is 267 g/mol. The van der Waals surface area contributed by atoms with Gasteiger partial charge in [0.1, 0.15) is 0 Å². The molecule has 0 radical (unpaired) electrons. The molecule has 0 aromatic carbocycles. The van der Waals surface area contributed by atoms with Gasteiger partial charge in [0.25, 0.3) is 0 Å². The maximum Gasteiger partial charge on any atom is 0.307 e. The lowest BCUT2D eigenvalue weighted by Gasteiger charge is -2.25. The van der Waals surface area contributed by atoms with Crippen LogP contribution < -0.4 is 5.32 Å². The molecule has 1 saturated heterocycles. The Bertz CT molecular complexity index is 403. The van der Waals surface area contributed by atoms with Crippen molar-refractivity contribution in [1.82, 2.24) is 5.32 Å². The second-order valence-corrected chi connectivity index (χ2v) is 6.56. The van der Waals surface area contributed by atoms with Gasteiger partial charge in [-0.25, -0.2) is 0 Å². The molecule has 1 saturated carbocycles. The molecule has 5 atom stereocenters. The van der Waals surface area contributed by atoms with Crippen molar-refractivity contribution in [3.8, 4) is 0 Å². The van der Waals surface area contributed by atoms with Gasteiger partial charge in [0, 0.05) is 11.8 Å². The third-order valence-electron chi connectivity index (χ3n) is 4.32. The molecule has 5 unspecified atom stereocenters. The van der Waals surface area contributed by atoms with E-state index >= 15 is 0 Å². The van der Waals surface area contributed by atoms with Crippen molar-refractivity contribution in [2.24, 2.45) is 23.7 Å². The lowest BCUT2D eigenvalue weighted by Crippen LogP contribution is -2.44. The lowest BCUT2D eigenvalue weighted by molar-refractivity contribution is -0.147. The zero-order chi connectivity index (χ0) is 12.7. The van der Waals surface area contributed by atoms with Crippen LogP contribution in [-0.4, -0.2) is 34.5 Å². The minimum atomic E-state index is -0.826. The number of hydrogen-bond donors (Lipinski definition) is 2. The van der Waals surface area contributed by atoms with E-state index < -0.39 is 11.9 Å². The van der Waals surface area contributed by atoms with E-state index in [2.05, 4.69) is 5.32 Å². The highest BCUT2D eigenvalue weighted by molar-refractivity contribution is 7.99. The Morgan fingerprint density at radius 2 is 1.94 bits per heavy atom. The van der Waals surface area contributed by atoms with Gasteiger partial charge in [-0.2, -0.15) is 11.8 Å². The van der Waals surface area contributed by atoms with Gasteiger partial charge in [-0.3, -0.25) is 9.59 Å². The first-order valence-electron chi connectivity index (χ1n) is 6.46. The van der Waals surface area contributed by atoms with Gasteiger partial charge in [-0.1, -0.05) is 12.2 Å². The number of aliphatic carboxylic acids is 1. The van der Waals surface area contributed by atoms with Crippen LogP contribution >= 0.6 is 11.8 Å². The summed E-state index contributed by atoms with van der Waals surface area (Å²) in [4.78, 5) is 23.6. The van der Waals surface area contributed by atoms with E-state index in [4.69, 9.17) is 0 Å². The molecular formula is C13H17NO3S. The molecule has 18 heavy (non-hydrogen) atoms. The van der Waals surface area contributed by atoms with E-state index in [9.17, 15) is 14.7 Å². The van der Waals surface area contributed by atoms with Crippen molar-refractivity contribution in [2.45, 2.75) is 18.9 Å². The number of carboxylic acid groups (broad SMARTS) is 1. The van der Waals surface area contributed by atoms with Gasteiger partial charge in [0.05, 0.1) is 11.8 Å². The minimum Gasteiger partial charge on any atom is -0.481 e. The number of hydrogen-bond acceptors (Lipinski definition) is 3. The molecule has 1 amide bonds. The fourth-order valence-corrected chi connectivity index (χ4v) is 4.61. The maximum absolute atomic E-state index is 12.3. The standard InChI is InChI=1S/C13H17NO3S/c15-12(14-9-3-4-18-6-9)10-7-1-2-8(5-7)11(10)13(16)17/h1-2,7-11H,3-6H2,(H,14,15)(H,16,17). The van der Waals surface area contributed by atoms with Crippen molar-refractivity contribution >= 4 is 23.6 Å². The topological polar surface area (TPSA) is 66.4 Å². The van der Waals surface area contributed by atoms with Gasteiger partial charge < -0.3 is 10.4 Å². The van der Waals surface area contributed by atoms with Crippen LogP contribution in [0.1, 0.15) is 12.8 Å². The van der Waals surface area contributed by atoms with Gasteiger partial charge >= 0.3 is 5.97 Å². The van der Waals surface area contributed by atoms with E-state index in [1.54, 1.807) is 0 Å². The van der Waals surface area contributed by atoms with E-state index in [0.717, 1.165) is 24.3 Å². The van der Waals surface area contributed by atoms with Crippen molar-refractivity contribution in [1.29, 1.82) is 0 Å². The number of rotatable bonds is 3. The Kier molecular flexibility index (Phi) is 3.09. The van der Waals surface area contributed by atoms with E-state index in [0.29, 0.717) is 0 Å². The fraction of sp³-hybridized carbons (Fsp3) is 0.692. The summed E-state index contributed by atoms with van der Waals surface area (Å²) >= 11 is 1.84. The molecule has 0 aromatic rings. The largest absolute Gasteiger partial charge is 0.481 e. The van der Waals surface area contributed by atoms with Crippen molar-refractivity contribution < 1.29 is 14.7 Å². The van der Waals surface area contributed by atoms with Crippen LogP contribution in [-0.2, 0) is 9.59 Å². The van der Waals surface area contributed by atoms with Crippen molar-refractivity contribution in [3.05, 3.63) is 12.2 Å². The van der Waals surface area contributed by atoms with Gasteiger partial charge in [0.15, 0.2) is 0 Å². The molecule has 0 aromatic heterocycles. The smallest absolute Gasteiger partial charge is 0.307 e. The average Bonchev–Trinajstić information content (AvgIpc) is 3.03. The first-order valence-corrected chi connectivity index (χ1v) is 7.61. The highest BCUT2D eigenvalue weighted by atomic mass is 32.2. The van der Waals surface area contributed by atoms with E-state index in [-0.39, 0.29) is 29.7 Å². The summed E-state index contributed by atoms with van der Waals surface area (Å²) < 4.78 is 0. The molecule has 3 aliphatic rings. The van der Waals surface area contributed by atoms with E-state index in [1.807, 2.05) is 23.9 Å². The van der Waals surface area contributed by atoms with Crippen LogP contribution in [0.2, 0.25) is 0 Å². The predicted octanol–water partition coefficient (Wildman–Crippen LogP) is 1.13. The number of carbonyl (C=O) groups excluding carboxylic acids is 1. The quantitative estimate of drug-likeness (QED) is 0.752. The Balaban J connectivity index is 1.71. The molecule has 1 aliphatic heterocycles. The molecule has 2 aliphatic carbocycles. The van der Waals surface area contributed by atoms with Crippen LogP contribution in [0.5, 0.6) is 0 Å². The van der Waals surface area contributed by atoms with Gasteiger partial charge in [-0.15, -0.1) is 0 Å². The highest BCUT2D eigenvalue weighted by Gasteiger charge is 2.51. The first kappa shape index (κ1) is 12.1. The predicted molar refractivity (Wildman–Crippen MR) is 69.2 cm³/mol. The fourth-order valence-electron chi connectivity index (χ4n) is 3.46. The number of carboxylic acids is 1. The summed E-state index contributed by atoms with van der Waals surface area (Å²) in [5.41, 5.74) is 0. The van der Waals surface area contributed by atoms with Gasteiger partial charge in [0.2, 0.25) is 5.91 Å². The first-order chi connectivity index (χ1) is 8.66. The summed E-state index contributed by atoms with van der Waals surface area (Å²) in [6, 6.07) is 0.236. The highest BCUT2D eigenvalue weighted by Crippen LogP contribution is 2.48. The Morgan fingerprint density at radius 3 is 2.56 bits per heavy atom. The number of carbonyl (C=O) groups is 2. The SMILES string of the molecule is O=C(O)C1C2C=CC(C2)C1C(=O)NC1CCSC1. The van der Waals surface area contributed by atoms with Crippen LogP contribution in [0.4, 0.5) is 0 Å². The van der Waals surface area contributed by atoms with Crippen molar-refractivity contribution in [2.75, 3.05) is 11.5 Å². The summed E-state index contributed by atoms with van der Waals surface area (Å²) in [6.07, 6.45) is 5.83. The van der Waals surface area contributed by atoms with Crippen molar-refractivity contribution in [3.63, 3.8) is 0 Å². The molecule has 5 heteroatoms. The number of nitrogens with one attached hydrogen (secondary N) is 1. The molecular weight excluding hydrogens is 250 g/mol. The Morgan fingerprint density at radius 1 is 1.22 bits per heavy atom. The number of amides is 1. The Labute approximate surface area is 110 Å². The van der Waals surface area contributed by atoms with E-state index in [1.165, 1.54) is 0 Å². The van der Waals surface area contributed by atoms with Gasteiger partial charge in [-0.05, 0) is 30.4 Å². The third-order valence-corrected chi connectivity index (χ3v) is 5.49. The summed E-state index contributed by atoms with van der Waals surface area (Å²) in [5.74, 6) is 0.479. The monoisotopic (exact) mass is 267 g/mol. The number of allylic oxidation sites excluding steroid dienone is 2. The van der Waals surface area contributed by atoms with Crippen LogP contribution in [0.15, 0.2) is 12.2 Å². The molecule has 2 bridgehead atoms. The summed E-state index contributed by atoms with van der Waals surface area (Å²) in [5, 5.41) is 12.3. The van der Waals surface area contributed by atoms with Crippen LogP contribution in [0, 0.1) is 23.7 Å². The molecule has 0 spiro atoms. The zero-order valence-corrected chi connectivity index (χ0v) is 10.9. The molecule has 98 valence electrons. The maximum atomic E-state index is 12.3. The second kappa shape index (κ2) is 4.61.